The number of carboxylic acids is 1. The Labute approximate surface area is 216 Å². The van der Waals surface area contributed by atoms with E-state index < -0.39 is 28.6 Å². The molecule has 0 saturated heterocycles. The molecule has 12 heteroatoms. The summed E-state index contributed by atoms with van der Waals surface area (Å²) in [6, 6.07) is 10.2. The van der Waals surface area contributed by atoms with E-state index in [0.717, 1.165) is 35.4 Å². The summed E-state index contributed by atoms with van der Waals surface area (Å²) in [5, 5.41) is 30.6. The molecule has 0 radical (unpaired) electrons. The summed E-state index contributed by atoms with van der Waals surface area (Å²) in [4.78, 5) is 15.5. The van der Waals surface area contributed by atoms with E-state index in [4.69, 9.17) is 10.2 Å². The lowest BCUT2D eigenvalue weighted by Crippen LogP contribution is -2.07. The zero-order valence-corrected chi connectivity index (χ0v) is 20.8. The molecule has 1 aliphatic carbocycles. The molecule has 4 aromatic rings. The van der Waals surface area contributed by atoms with Crippen LogP contribution in [-0.2, 0) is 23.8 Å². The van der Waals surface area contributed by atoms with Gasteiger partial charge in [0.2, 0.25) is 5.13 Å². The van der Waals surface area contributed by atoms with Gasteiger partial charge >= 0.3 is 5.97 Å². The predicted molar refractivity (Wildman–Crippen MR) is 133 cm³/mol. The van der Waals surface area contributed by atoms with Gasteiger partial charge in [0.1, 0.15) is 28.7 Å². The summed E-state index contributed by atoms with van der Waals surface area (Å²) in [7, 11) is -1.97. The molecular weight excluding hydrogens is 520 g/mol. The number of aromatic nitrogens is 3. The Morgan fingerprint density at radius 3 is 2.65 bits per heavy atom. The van der Waals surface area contributed by atoms with Crippen LogP contribution in [0.15, 0.2) is 46.7 Å². The number of benzene rings is 2. The van der Waals surface area contributed by atoms with Gasteiger partial charge in [-0.2, -0.15) is 10.4 Å². The van der Waals surface area contributed by atoms with Gasteiger partial charge in [-0.25, -0.2) is 32.6 Å². The molecule has 37 heavy (non-hydrogen) atoms. The first-order valence-electron chi connectivity index (χ1n) is 11.2. The molecule has 1 aliphatic rings. The summed E-state index contributed by atoms with van der Waals surface area (Å²) in [5.41, 5.74) is 2.73. The van der Waals surface area contributed by atoms with Crippen LogP contribution in [0.3, 0.4) is 0 Å². The molecule has 1 fully saturated rings. The number of aromatic carboxylic acids is 1. The average molecular weight is 540 g/mol. The second kappa shape index (κ2) is 9.93. The highest BCUT2D eigenvalue weighted by Crippen LogP contribution is 2.38. The van der Waals surface area contributed by atoms with Crippen LogP contribution < -0.4 is 5.14 Å². The van der Waals surface area contributed by atoms with Crippen LogP contribution in [0.2, 0.25) is 0 Å². The van der Waals surface area contributed by atoms with Crippen LogP contribution in [0.1, 0.15) is 45.7 Å². The third-order valence-corrected chi connectivity index (χ3v) is 7.70. The van der Waals surface area contributed by atoms with Crippen molar-refractivity contribution in [2.75, 3.05) is 0 Å². The summed E-state index contributed by atoms with van der Waals surface area (Å²) in [6.07, 6.45) is 2.91. The molecule has 2 aromatic carbocycles. The summed E-state index contributed by atoms with van der Waals surface area (Å²) in [5.74, 6) is -2.12. The van der Waals surface area contributed by atoms with Gasteiger partial charge in [0.05, 0.1) is 21.8 Å². The van der Waals surface area contributed by atoms with Crippen LogP contribution in [0.4, 0.5) is 8.78 Å². The van der Waals surface area contributed by atoms with Gasteiger partial charge in [-0.1, -0.05) is 6.07 Å². The molecule has 1 unspecified atom stereocenters. The van der Waals surface area contributed by atoms with Gasteiger partial charge in [-0.15, -0.1) is 11.3 Å². The first-order valence-corrected chi connectivity index (χ1v) is 13.3. The normalized spacial score (nSPS) is 13.9. The minimum Gasteiger partial charge on any atom is -0.476 e. The van der Waals surface area contributed by atoms with E-state index in [1.54, 1.807) is 10.7 Å². The van der Waals surface area contributed by atoms with Gasteiger partial charge in [0, 0.05) is 22.9 Å². The second-order valence-corrected chi connectivity index (χ2v) is 10.6. The molecule has 1 saturated carbocycles. The number of hydrogen-bond donors (Lipinski definition) is 2. The van der Waals surface area contributed by atoms with Gasteiger partial charge < -0.3 is 5.11 Å². The standard InChI is InChI=1S/C25H19F2N5O3S2/c26-18-5-4-15(10-16(18)11-28)23-17(7-14-3-6-22(37(29)35)19(27)8-14)21(9-13-1-2-13)32(31-23)25-30-20(12-36-25)24(33)34/h3-6,8,10,12-13H,1-2,7,9,29H2,(H,33,34). The number of carbonyl (C=O) groups is 1. The lowest BCUT2D eigenvalue weighted by Gasteiger charge is -2.10. The van der Waals surface area contributed by atoms with Crippen LogP contribution in [0, 0.1) is 28.9 Å². The molecule has 5 rings (SSSR count). The number of thiazole rings is 1. The van der Waals surface area contributed by atoms with Crippen molar-refractivity contribution in [3.63, 3.8) is 0 Å². The predicted octanol–water partition coefficient (Wildman–Crippen LogP) is 4.37. The van der Waals surface area contributed by atoms with Gasteiger partial charge in [-0.3, -0.25) is 0 Å². The highest BCUT2D eigenvalue weighted by Gasteiger charge is 2.29. The number of hydrogen-bond acceptors (Lipinski definition) is 6. The molecule has 3 N–H and O–H groups in total. The third kappa shape index (κ3) is 5.06. The maximum Gasteiger partial charge on any atom is 0.355 e. The Balaban J connectivity index is 1.70. The number of nitrogens with two attached hydrogens (primary N) is 1. The molecular formula is C25H19F2N5O3S2. The van der Waals surface area contributed by atoms with Gasteiger partial charge in [-0.05, 0) is 61.1 Å². The smallest absolute Gasteiger partial charge is 0.355 e. The Hall–Kier alpha value is -3.79. The maximum absolute atomic E-state index is 14.6. The zero-order valence-electron chi connectivity index (χ0n) is 19.1. The number of rotatable bonds is 8. The van der Waals surface area contributed by atoms with Crippen molar-refractivity contribution in [3.05, 3.63) is 81.5 Å². The minimum absolute atomic E-state index is 0.112. The van der Waals surface area contributed by atoms with Crippen molar-refractivity contribution >= 4 is 28.3 Å². The molecule has 0 bridgehead atoms. The number of nitrogens with zero attached hydrogens (tertiary/aromatic N) is 4. The van der Waals surface area contributed by atoms with Crippen LogP contribution in [0.5, 0.6) is 0 Å². The Kier molecular flexibility index (Phi) is 6.68. The Morgan fingerprint density at radius 1 is 1.24 bits per heavy atom. The lowest BCUT2D eigenvalue weighted by atomic mass is 9.96. The van der Waals surface area contributed by atoms with E-state index in [1.807, 2.05) is 6.07 Å². The fourth-order valence-corrected chi connectivity index (χ4v) is 5.33. The van der Waals surface area contributed by atoms with Crippen molar-refractivity contribution in [2.24, 2.45) is 11.1 Å². The molecule has 0 spiro atoms. The largest absolute Gasteiger partial charge is 0.476 e. The zero-order chi connectivity index (χ0) is 26.3. The van der Waals surface area contributed by atoms with Crippen molar-refractivity contribution in [3.8, 4) is 22.5 Å². The Bertz CT molecular complexity index is 1600. The molecule has 0 aliphatic heterocycles. The summed E-state index contributed by atoms with van der Waals surface area (Å²) < 4.78 is 41.9. The molecule has 188 valence electrons. The third-order valence-electron chi connectivity index (χ3n) is 6.12. The van der Waals surface area contributed by atoms with E-state index in [1.165, 1.54) is 35.7 Å². The second-order valence-electron chi connectivity index (χ2n) is 8.70. The highest BCUT2D eigenvalue weighted by atomic mass is 32.2. The number of nitriles is 1. The molecule has 1 atom stereocenters. The lowest BCUT2D eigenvalue weighted by molar-refractivity contribution is 0.0691. The number of halogens is 2. The van der Waals surface area contributed by atoms with Crippen molar-refractivity contribution in [2.45, 2.75) is 30.6 Å². The topological polar surface area (TPSA) is 135 Å². The molecule has 2 heterocycles. The van der Waals surface area contributed by atoms with Crippen molar-refractivity contribution in [1.82, 2.24) is 14.8 Å². The summed E-state index contributed by atoms with van der Waals surface area (Å²) in [6.45, 7) is 0. The van der Waals surface area contributed by atoms with E-state index in [-0.39, 0.29) is 22.6 Å². The van der Waals surface area contributed by atoms with Crippen molar-refractivity contribution in [1.29, 1.82) is 5.26 Å². The van der Waals surface area contributed by atoms with E-state index >= 15 is 0 Å². The first kappa shape index (κ1) is 24.9. The highest BCUT2D eigenvalue weighted by molar-refractivity contribution is 7.82. The minimum atomic E-state index is -1.97. The quantitative estimate of drug-likeness (QED) is 0.341. The van der Waals surface area contributed by atoms with Crippen LogP contribution in [-0.4, -0.2) is 30.0 Å². The summed E-state index contributed by atoms with van der Waals surface area (Å²) >= 11 is 1.12. The number of carboxylic acid groups (broad SMARTS) is 1. The maximum atomic E-state index is 14.6. The monoisotopic (exact) mass is 539 g/mol. The molecule has 0 amide bonds. The van der Waals surface area contributed by atoms with Crippen LogP contribution in [0.25, 0.3) is 16.4 Å². The van der Waals surface area contributed by atoms with E-state index in [9.17, 15) is 28.2 Å². The first-order chi connectivity index (χ1) is 17.7. The average Bonchev–Trinajstić information content (AvgIpc) is 3.42. The van der Waals surface area contributed by atoms with E-state index in [2.05, 4.69) is 4.98 Å². The van der Waals surface area contributed by atoms with Crippen molar-refractivity contribution < 1.29 is 22.9 Å². The van der Waals surface area contributed by atoms with Gasteiger partial charge in [0.25, 0.3) is 0 Å². The van der Waals surface area contributed by atoms with Gasteiger partial charge in [0.15, 0.2) is 5.69 Å². The molecule has 2 aromatic heterocycles. The fraction of sp³-hybridized carbons (Fsp3) is 0.200. The fourth-order valence-electron chi connectivity index (χ4n) is 4.11. The SMILES string of the molecule is N#Cc1cc(-c2nn(-c3nc(C(=O)O)cs3)c(CC3CC3)c2Cc2ccc(S(N)=O)c(F)c2)ccc1F. The van der Waals surface area contributed by atoms with E-state index in [0.29, 0.717) is 34.3 Å². The van der Waals surface area contributed by atoms with Crippen LogP contribution >= 0.6 is 11.3 Å². The molecule has 8 nitrogen and oxygen atoms in total. The Morgan fingerprint density at radius 2 is 2.03 bits per heavy atom.